The number of carbonyl (C=O) groups is 1. The van der Waals surface area contributed by atoms with Crippen molar-refractivity contribution >= 4 is 49.0 Å². The summed E-state index contributed by atoms with van der Waals surface area (Å²) in [6.45, 7) is 1.68. The Morgan fingerprint density at radius 2 is 2.00 bits per heavy atom. The molecule has 1 aliphatic carbocycles. The van der Waals surface area contributed by atoms with E-state index in [0.29, 0.717) is 12.6 Å². The molecule has 2 aliphatic rings. The van der Waals surface area contributed by atoms with Gasteiger partial charge in [0.1, 0.15) is 0 Å². The van der Waals surface area contributed by atoms with Crippen molar-refractivity contribution in [2.24, 2.45) is 5.92 Å². The van der Waals surface area contributed by atoms with Crippen molar-refractivity contribution in [2.45, 2.75) is 44.6 Å². The van der Waals surface area contributed by atoms with E-state index in [0.717, 1.165) is 25.6 Å². The highest BCUT2D eigenvalue weighted by Crippen LogP contribution is 2.36. The minimum atomic E-state index is 0.255. The smallest absolute Gasteiger partial charge is 0.178 e. The number of hydrogen-bond donors (Lipinski definition) is 0. The fraction of sp³-hybridized carbons (Fsp3) is 0.667. The normalized spacial score (nSPS) is 27.3. The molecule has 1 aromatic rings. The van der Waals surface area contributed by atoms with E-state index < -0.39 is 0 Å². The van der Waals surface area contributed by atoms with E-state index in [4.69, 9.17) is 0 Å². The lowest BCUT2D eigenvalue weighted by Crippen LogP contribution is -2.48. The van der Waals surface area contributed by atoms with Gasteiger partial charge < -0.3 is 0 Å². The van der Waals surface area contributed by atoms with Gasteiger partial charge in [-0.15, -0.1) is 11.3 Å². The summed E-state index contributed by atoms with van der Waals surface area (Å²) in [5, 5.41) is 0. The van der Waals surface area contributed by atoms with Crippen LogP contribution in [0, 0.1) is 5.92 Å². The van der Waals surface area contributed by atoms with E-state index in [1.54, 1.807) is 11.3 Å². The lowest BCUT2D eigenvalue weighted by Gasteiger charge is -2.43. The van der Waals surface area contributed by atoms with E-state index in [9.17, 15) is 4.79 Å². The number of likely N-dealkylation sites (tertiary alicyclic amines) is 1. The molecule has 2 unspecified atom stereocenters. The zero-order chi connectivity index (χ0) is 14.1. The third-order valence-electron chi connectivity index (χ3n) is 4.66. The van der Waals surface area contributed by atoms with Gasteiger partial charge in [-0.2, -0.15) is 0 Å². The predicted molar refractivity (Wildman–Crippen MR) is 90.6 cm³/mol. The Labute approximate surface area is 141 Å². The SMILES string of the molecule is O=C(CN1CCCC2CCCCC21)c1cc(Br)sc1Br. The number of Topliss-reactive ketones (excluding diaryl/α,β-unsaturated/α-hetero) is 1. The van der Waals surface area contributed by atoms with Crippen LogP contribution >= 0.6 is 43.2 Å². The number of carbonyl (C=O) groups excluding carboxylic acids is 1. The summed E-state index contributed by atoms with van der Waals surface area (Å²) in [5.74, 6) is 1.09. The van der Waals surface area contributed by atoms with Gasteiger partial charge in [0, 0.05) is 11.6 Å². The predicted octanol–water partition coefficient (Wildman–Crippen LogP) is 5.11. The highest BCUT2D eigenvalue weighted by molar-refractivity contribution is 9.12. The number of piperidine rings is 1. The number of fused-ring (bicyclic) bond motifs is 1. The molecule has 2 fully saturated rings. The van der Waals surface area contributed by atoms with Gasteiger partial charge in [-0.25, -0.2) is 0 Å². The van der Waals surface area contributed by atoms with Crippen LogP contribution in [-0.2, 0) is 0 Å². The second-order valence-electron chi connectivity index (χ2n) is 5.89. The number of hydrogen-bond acceptors (Lipinski definition) is 3. The first-order valence-electron chi connectivity index (χ1n) is 7.37. The van der Waals surface area contributed by atoms with Gasteiger partial charge in [0.15, 0.2) is 5.78 Å². The quantitative estimate of drug-likeness (QED) is 0.633. The minimum absolute atomic E-state index is 0.255. The Morgan fingerprint density at radius 1 is 1.25 bits per heavy atom. The summed E-state index contributed by atoms with van der Waals surface area (Å²) in [5.41, 5.74) is 0.833. The molecule has 110 valence electrons. The molecular weight excluding hydrogens is 402 g/mol. The largest absolute Gasteiger partial charge is 0.293 e. The summed E-state index contributed by atoms with van der Waals surface area (Å²) in [6, 6.07) is 2.60. The zero-order valence-electron chi connectivity index (χ0n) is 11.4. The molecule has 20 heavy (non-hydrogen) atoms. The van der Waals surface area contributed by atoms with Crippen molar-refractivity contribution < 1.29 is 4.79 Å². The molecular formula is C15H19Br2NOS. The summed E-state index contributed by atoms with van der Waals surface area (Å²) in [4.78, 5) is 15.0. The lowest BCUT2D eigenvalue weighted by molar-refractivity contribution is 0.0539. The molecule has 1 aromatic heterocycles. The Balaban J connectivity index is 1.70. The molecule has 0 aromatic carbocycles. The van der Waals surface area contributed by atoms with Crippen LogP contribution in [0.2, 0.25) is 0 Å². The van der Waals surface area contributed by atoms with Crippen LogP contribution in [0.3, 0.4) is 0 Å². The fourth-order valence-electron chi connectivity index (χ4n) is 3.72. The van der Waals surface area contributed by atoms with E-state index >= 15 is 0 Å². The number of thiophene rings is 1. The minimum Gasteiger partial charge on any atom is -0.293 e. The molecule has 3 rings (SSSR count). The first-order valence-corrected chi connectivity index (χ1v) is 9.77. The van der Waals surface area contributed by atoms with Gasteiger partial charge in [-0.1, -0.05) is 12.8 Å². The van der Waals surface area contributed by atoms with Crippen molar-refractivity contribution in [2.75, 3.05) is 13.1 Å². The van der Waals surface area contributed by atoms with Crippen LogP contribution in [0.15, 0.2) is 13.6 Å². The van der Waals surface area contributed by atoms with Crippen LogP contribution in [0.4, 0.5) is 0 Å². The lowest BCUT2D eigenvalue weighted by atomic mass is 9.78. The maximum absolute atomic E-state index is 12.5. The Kier molecular flexibility index (Phi) is 5.01. The molecule has 2 heterocycles. The summed E-state index contributed by atoms with van der Waals surface area (Å²) >= 11 is 8.53. The van der Waals surface area contributed by atoms with Crippen molar-refractivity contribution in [3.63, 3.8) is 0 Å². The molecule has 0 N–H and O–H groups in total. The number of rotatable bonds is 3. The average Bonchev–Trinajstić information content (AvgIpc) is 2.78. The van der Waals surface area contributed by atoms with Gasteiger partial charge in [0.05, 0.1) is 14.1 Å². The third-order valence-corrected chi connectivity index (χ3v) is 7.00. The molecule has 5 heteroatoms. The number of ketones is 1. The van der Waals surface area contributed by atoms with Gasteiger partial charge >= 0.3 is 0 Å². The molecule has 0 spiro atoms. The number of nitrogens with zero attached hydrogens (tertiary/aromatic N) is 1. The summed E-state index contributed by atoms with van der Waals surface area (Å²) < 4.78 is 1.97. The highest BCUT2D eigenvalue weighted by atomic mass is 79.9. The third kappa shape index (κ3) is 3.21. The standard InChI is InChI=1S/C15H19Br2NOS/c16-14-8-11(15(17)20-14)13(19)9-18-7-3-5-10-4-1-2-6-12(10)18/h8,10,12H,1-7,9H2. The topological polar surface area (TPSA) is 20.3 Å². The van der Waals surface area contributed by atoms with Crippen molar-refractivity contribution in [1.82, 2.24) is 4.90 Å². The molecule has 1 saturated heterocycles. The van der Waals surface area contributed by atoms with E-state index in [1.807, 2.05) is 6.07 Å². The van der Waals surface area contributed by atoms with E-state index in [2.05, 4.69) is 36.8 Å². The molecule has 0 amide bonds. The first-order chi connectivity index (χ1) is 9.65. The van der Waals surface area contributed by atoms with Crippen LogP contribution in [0.5, 0.6) is 0 Å². The Bertz CT molecular complexity index is 500. The molecule has 2 nitrogen and oxygen atoms in total. The highest BCUT2D eigenvalue weighted by Gasteiger charge is 2.34. The second kappa shape index (κ2) is 6.59. The molecule has 2 atom stereocenters. The molecule has 0 radical (unpaired) electrons. The van der Waals surface area contributed by atoms with Gasteiger partial charge in [0.25, 0.3) is 0 Å². The first kappa shape index (κ1) is 15.2. The van der Waals surface area contributed by atoms with E-state index in [1.165, 1.54) is 38.5 Å². The van der Waals surface area contributed by atoms with Crippen LogP contribution < -0.4 is 0 Å². The monoisotopic (exact) mass is 419 g/mol. The molecule has 0 bridgehead atoms. The number of halogens is 2. The zero-order valence-corrected chi connectivity index (χ0v) is 15.4. The Morgan fingerprint density at radius 3 is 2.75 bits per heavy atom. The maximum atomic E-state index is 12.5. The summed E-state index contributed by atoms with van der Waals surface area (Å²) in [7, 11) is 0. The molecule has 1 saturated carbocycles. The van der Waals surface area contributed by atoms with Gasteiger partial charge in [-0.05, 0) is 76.1 Å². The maximum Gasteiger partial charge on any atom is 0.178 e. The summed E-state index contributed by atoms with van der Waals surface area (Å²) in [6.07, 6.45) is 7.98. The Hall–Kier alpha value is 0.290. The van der Waals surface area contributed by atoms with Crippen molar-refractivity contribution in [3.8, 4) is 0 Å². The van der Waals surface area contributed by atoms with E-state index in [-0.39, 0.29) is 5.78 Å². The fourth-order valence-corrected chi connectivity index (χ4v) is 6.58. The van der Waals surface area contributed by atoms with Crippen LogP contribution in [0.1, 0.15) is 48.9 Å². The average molecular weight is 421 g/mol. The van der Waals surface area contributed by atoms with Gasteiger partial charge in [0.2, 0.25) is 0 Å². The molecule has 1 aliphatic heterocycles. The van der Waals surface area contributed by atoms with Gasteiger partial charge in [-0.3, -0.25) is 9.69 Å². The van der Waals surface area contributed by atoms with Crippen LogP contribution in [-0.4, -0.2) is 29.8 Å². The van der Waals surface area contributed by atoms with Crippen molar-refractivity contribution in [1.29, 1.82) is 0 Å². The van der Waals surface area contributed by atoms with Crippen molar-refractivity contribution in [3.05, 3.63) is 19.2 Å². The van der Waals surface area contributed by atoms with Crippen LogP contribution in [0.25, 0.3) is 0 Å². The second-order valence-corrected chi connectivity index (χ2v) is 9.63.